The molecule has 0 radical (unpaired) electrons. The van der Waals surface area contributed by atoms with Crippen LogP contribution in [-0.2, 0) is 33.6 Å². The van der Waals surface area contributed by atoms with Gasteiger partial charge in [0.1, 0.15) is 0 Å². The normalized spacial score (nSPS) is 12.7. The molecule has 0 aliphatic carbocycles. The van der Waals surface area contributed by atoms with Crippen LogP contribution in [0.15, 0.2) is 77.9 Å². The number of carboxylic acid groups (broad SMARTS) is 3. The number of hydrogen-bond donors (Lipinski definition) is 4. The topological polar surface area (TPSA) is 143 Å². The van der Waals surface area contributed by atoms with Crippen LogP contribution >= 0.6 is 0 Å². The van der Waals surface area contributed by atoms with E-state index in [1.807, 2.05) is 72.8 Å². The maximum Gasteiger partial charge on any atom is 0.303 e. The summed E-state index contributed by atoms with van der Waals surface area (Å²) in [6.45, 7) is 0. The van der Waals surface area contributed by atoms with Gasteiger partial charge in [0.15, 0.2) is 5.84 Å². The molecule has 38 heavy (non-hydrogen) atoms. The quantitative estimate of drug-likeness (QED) is 0.282. The van der Waals surface area contributed by atoms with E-state index in [1.54, 1.807) is 10.2 Å². The molecule has 0 atom stereocenters. The second-order valence-corrected chi connectivity index (χ2v) is 8.87. The fraction of sp³-hybridized carbons (Fsp3) is 0.214. The molecule has 1 aliphatic rings. The Bertz CT molecular complexity index is 1320. The third kappa shape index (κ3) is 6.88. The number of rotatable bonds is 12. The Hall–Kier alpha value is -4.86. The first-order valence-electron chi connectivity index (χ1n) is 12.2. The van der Waals surface area contributed by atoms with Crippen molar-refractivity contribution in [1.82, 2.24) is 5.43 Å². The van der Waals surface area contributed by atoms with Crippen LogP contribution in [0.4, 0.5) is 11.4 Å². The van der Waals surface area contributed by atoms with Gasteiger partial charge >= 0.3 is 17.9 Å². The zero-order valence-electron chi connectivity index (χ0n) is 20.6. The van der Waals surface area contributed by atoms with Gasteiger partial charge in [0, 0.05) is 24.8 Å². The lowest BCUT2D eigenvalue weighted by molar-refractivity contribution is -0.138. The molecular weight excluding hydrogens is 488 g/mol. The first-order valence-corrected chi connectivity index (χ1v) is 12.2. The van der Waals surface area contributed by atoms with Crippen LogP contribution in [0.5, 0.6) is 0 Å². The predicted octanol–water partition coefficient (Wildman–Crippen LogP) is 3.85. The first kappa shape index (κ1) is 26.2. The summed E-state index contributed by atoms with van der Waals surface area (Å²) in [6, 6.07) is 22.5. The smallest absolute Gasteiger partial charge is 0.303 e. The Kier molecular flexibility index (Phi) is 8.22. The van der Waals surface area contributed by atoms with Crippen LogP contribution < -0.4 is 15.7 Å². The summed E-state index contributed by atoms with van der Waals surface area (Å²) >= 11 is 0. The van der Waals surface area contributed by atoms with Gasteiger partial charge in [-0.2, -0.15) is 10.2 Å². The summed E-state index contributed by atoms with van der Waals surface area (Å²) in [5, 5.41) is 35.1. The molecule has 1 aliphatic heterocycles. The largest absolute Gasteiger partial charge is 0.481 e. The van der Waals surface area contributed by atoms with Crippen molar-refractivity contribution in [2.45, 2.75) is 38.5 Å². The molecule has 0 bridgehead atoms. The Morgan fingerprint density at radius 1 is 0.605 bits per heavy atom. The van der Waals surface area contributed by atoms with Crippen LogP contribution in [0.1, 0.15) is 41.5 Å². The molecule has 0 aromatic heterocycles. The summed E-state index contributed by atoms with van der Waals surface area (Å²) in [7, 11) is 0. The number of hydrogen-bond acceptors (Lipinski definition) is 7. The van der Waals surface area contributed by atoms with Crippen molar-refractivity contribution in [3.05, 3.63) is 95.1 Å². The lowest BCUT2D eigenvalue weighted by Gasteiger charge is -2.28. The van der Waals surface area contributed by atoms with Crippen LogP contribution in [0.2, 0.25) is 0 Å². The standard InChI is InChI=1S/C28H28N4O6/c33-25(34)16-7-19-1-10-22(11-2-19)28-29-31(23-12-3-20(4-13-23)8-17-26(35)36)32(30-28)24-14-5-21(6-15-24)9-18-27(37)38/h1-6,10-15H,7-9,16-18H2,(H,29,30)(H,33,34)(H,35,36)(H,37,38). The number of aliphatic carboxylic acids is 3. The Labute approximate surface area is 219 Å². The molecule has 0 saturated heterocycles. The van der Waals surface area contributed by atoms with Crippen molar-refractivity contribution in [1.29, 1.82) is 0 Å². The highest BCUT2D eigenvalue weighted by Gasteiger charge is 2.26. The van der Waals surface area contributed by atoms with E-state index in [9.17, 15) is 14.4 Å². The molecule has 1 heterocycles. The highest BCUT2D eigenvalue weighted by atomic mass is 16.4. The maximum absolute atomic E-state index is 10.9. The highest BCUT2D eigenvalue weighted by Crippen LogP contribution is 2.27. The lowest BCUT2D eigenvalue weighted by atomic mass is 10.1. The molecule has 4 rings (SSSR count). The van der Waals surface area contributed by atoms with E-state index in [2.05, 4.69) is 5.43 Å². The van der Waals surface area contributed by atoms with E-state index in [-0.39, 0.29) is 19.3 Å². The average Bonchev–Trinajstić information content (AvgIpc) is 3.36. The van der Waals surface area contributed by atoms with Gasteiger partial charge < -0.3 is 15.3 Å². The number of aryl methyl sites for hydroxylation is 3. The molecule has 0 unspecified atom stereocenters. The predicted molar refractivity (Wildman–Crippen MR) is 142 cm³/mol. The van der Waals surface area contributed by atoms with E-state index in [0.717, 1.165) is 33.6 Å². The fourth-order valence-electron chi connectivity index (χ4n) is 3.96. The van der Waals surface area contributed by atoms with Crippen LogP contribution in [0, 0.1) is 0 Å². The van der Waals surface area contributed by atoms with E-state index in [0.29, 0.717) is 25.1 Å². The van der Waals surface area contributed by atoms with Crippen molar-refractivity contribution >= 4 is 35.1 Å². The van der Waals surface area contributed by atoms with Gasteiger partial charge in [0.05, 0.1) is 11.4 Å². The zero-order chi connectivity index (χ0) is 27.1. The second kappa shape index (κ2) is 11.9. The third-order valence-electron chi connectivity index (χ3n) is 6.05. The van der Waals surface area contributed by atoms with E-state index in [4.69, 9.17) is 20.4 Å². The van der Waals surface area contributed by atoms with Gasteiger partial charge in [-0.05, 0) is 60.2 Å². The Morgan fingerprint density at radius 3 is 1.42 bits per heavy atom. The number of carboxylic acids is 3. The first-order chi connectivity index (χ1) is 18.3. The molecule has 0 amide bonds. The zero-order valence-corrected chi connectivity index (χ0v) is 20.6. The summed E-state index contributed by atoms with van der Waals surface area (Å²) in [6.07, 6.45) is 1.47. The number of anilines is 2. The third-order valence-corrected chi connectivity index (χ3v) is 6.05. The molecule has 3 aromatic rings. The van der Waals surface area contributed by atoms with E-state index < -0.39 is 17.9 Å². The molecule has 196 valence electrons. The molecule has 0 spiro atoms. The Morgan fingerprint density at radius 2 is 1.00 bits per heavy atom. The minimum absolute atomic E-state index is 0.0513. The summed E-state index contributed by atoms with van der Waals surface area (Å²) in [5.74, 6) is -1.95. The minimum atomic E-state index is -0.848. The number of nitrogens with zero attached hydrogens (tertiary/aromatic N) is 3. The van der Waals surface area contributed by atoms with Gasteiger partial charge in [-0.25, -0.2) is 0 Å². The van der Waals surface area contributed by atoms with Gasteiger partial charge in [0.2, 0.25) is 0 Å². The highest BCUT2D eigenvalue weighted by molar-refractivity contribution is 6.02. The maximum atomic E-state index is 10.9. The number of amidine groups is 1. The minimum Gasteiger partial charge on any atom is -0.481 e. The summed E-state index contributed by atoms with van der Waals surface area (Å²) in [4.78, 5) is 32.7. The molecule has 4 N–H and O–H groups in total. The molecular formula is C28H28N4O6. The van der Waals surface area contributed by atoms with Crippen LogP contribution in [0.3, 0.4) is 0 Å². The summed E-state index contributed by atoms with van der Waals surface area (Å²) < 4.78 is 0. The lowest BCUT2D eigenvalue weighted by Crippen LogP contribution is -2.44. The van der Waals surface area contributed by atoms with Crippen molar-refractivity contribution in [3.8, 4) is 0 Å². The second-order valence-electron chi connectivity index (χ2n) is 8.87. The Balaban J connectivity index is 1.58. The van der Waals surface area contributed by atoms with Crippen LogP contribution in [-0.4, -0.2) is 39.1 Å². The SMILES string of the molecule is O=C(O)CCc1ccc(C2=NN(c3ccc(CCC(=O)O)cc3)N(c3ccc(CCC(=O)O)cc3)N2)cc1. The number of carbonyl (C=O) groups is 3. The monoisotopic (exact) mass is 516 g/mol. The van der Waals surface area contributed by atoms with Crippen molar-refractivity contribution < 1.29 is 29.7 Å². The molecule has 0 saturated carbocycles. The van der Waals surface area contributed by atoms with Gasteiger partial charge in [-0.15, -0.1) is 5.10 Å². The average molecular weight is 517 g/mol. The van der Waals surface area contributed by atoms with Crippen molar-refractivity contribution in [2.75, 3.05) is 10.2 Å². The molecule has 3 aromatic carbocycles. The van der Waals surface area contributed by atoms with Gasteiger partial charge in [-0.3, -0.25) is 19.8 Å². The fourth-order valence-corrected chi connectivity index (χ4v) is 3.96. The number of hydrazine groups is 2. The summed E-state index contributed by atoms with van der Waals surface area (Å²) in [5.41, 5.74) is 8.37. The molecule has 0 fully saturated rings. The molecule has 10 heteroatoms. The van der Waals surface area contributed by atoms with Crippen molar-refractivity contribution in [3.63, 3.8) is 0 Å². The van der Waals surface area contributed by atoms with Gasteiger partial charge in [0.25, 0.3) is 0 Å². The number of hydrazone groups is 1. The van der Waals surface area contributed by atoms with E-state index >= 15 is 0 Å². The van der Waals surface area contributed by atoms with Crippen molar-refractivity contribution in [2.24, 2.45) is 5.10 Å². The number of benzene rings is 3. The van der Waals surface area contributed by atoms with Gasteiger partial charge in [-0.1, -0.05) is 48.5 Å². The van der Waals surface area contributed by atoms with E-state index in [1.165, 1.54) is 0 Å². The van der Waals surface area contributed by atoms with Crippen LogP contribution in [0.25, 0.3) is 0 Å². The number of nitrogens with one attached hydrogen (secondary N) is 1. The molecule has 10 nitrogen and oxygen atoms in total.